The zero-order valence-electron chi connectivity index (χ0n) is 14.5. The summed E-state index contributed by atoms with van der Waals surface area (Å²) in [7, 11) is 0. The van der Waals surface area contributed by atoms with E-state index in [4.69, 9.17) is 5.26 Å². The predicted molar refractivity (Wildman–Crippen MR) is 94.8 cm³/mol. The lowest BCUT2D eigenvalue weighted by Crippen LogP contribution is -2.52. The monoisotopic (exact) mass is 337 g/mol. The number of imidazole rings is 1. The molecule has 1 saturated heterocycles. The Kier molecular flexibility index (Phi) is 5.03. The number of aromatic nitrogens is 2. The van der Waals surface area contributed by atoms with E-state index in [1.165, 1.54) is 6.42 Å². The molecule has 0 saturated carbocycles. The van der Waals surface area contributed by atoms with Crippen LogP contribution in [0.2, 0.25) is 0 Å². The summed E-state index contributed by atoms with van der Waals surface area (Å²) in [6.07, 6.45) is 7.34. The van der Waals surface area contributed by atoms with Gasteiger partial charge in [-0.15, -0.1) is 0 Å². The highest BCUT2D eigenvalue weighted by Gasteiger charge is 2.33. The van der Waals surface area contributed by atoms with E-state index in [9.17, 15) is 4.79 Å². The highest BCUT2D eigenvalue weighted by atomic mass is 16.2. The lowest BCUT2D eigenvalue weighted by molar-refractivity contribution is 0.172. The molecule has 1 unspecified atom stereocenters. The molecule has 0 radical (unpaired) electrons. The average Bonchev–Trinajstić information content (AvgIpc) is 3.18. The summed E-state index contributed by atoms with van der Waals surface area (Å²) in [5.41, 5.74) is 1.02. The molecular formula is C19H23N5O. The molecular weight excluding hydrogens is 314 g/mol. The van der Waals surface area contributed by atoms with Crippen LogP contribution in [0.1, 0.15) is 43.1 Å². The fraction of sp³-hybridized carbons (Fsp3) is 0.421. The van der Waals surface area contributed by atoms with Crippen molar-refractivity contribution in [2.24, 2.45) is 0 Å². The van der Waals surface area contributed by atoms with Gasteiger partial charge < -0.3 is 15.2 Å². The number of hydrogen-bond donors (Lipinski definition) is 2. The Hall–Kier alpha value is -2.81. The summed E-state index contributed by atoms with van der Waals surface area (Å²) in [5.74, 6) is 0.724. The van der Waals surface area contributed by atoms with Gasteiger partial charge in [0.2, 0.25) is 0 Å². The minimum absolute atomic E-state index is 0.0488. The topological polar surface area (TPSA) is 84.8 Å². The number of nitrogens with one attached hydrogen (secondary N) is 2. The second-order valence-electron chi connectivity index (χ2n) is 6.73. The fourth-order valence-electron chi connectivity index (χ4n) is 3.27. The summed E-state index contributed by atoms with van der Waals surface area (Å²) in [6.45, 7) is 3.58. The van der Waals surface area contributed by atoms with Gasteiger partial charge in [0.1, 0.15) is 11.4 Å². The molecule has 1 aromatic carbocycles. The van der Waals surface area contributed by atoms with Crippen LogP contribution in [-0.2, 0) is 12.0 Å². The van der Waals surface area contributed by atoms with Gasteiger partial charge in [0.05, 0.1) is 11.6 Å². The standard InChI is InChI=1S/C19H23N5O/c1-19(17-21-9-10-22-17,13-15-5-7-16(14-20)8-6-15)23-18(25)24-11-3-2-4-12-24/h5-10H,2-4,11-13H2,1H3,(H,21,22)(H,23,25). The Bertz CT molecular complexity index is 741. The van der Waals surface area contributed by atoms with Crippen LogP contribution < -0.4 is 5.32 Å². The smallest absolute Gasteiger partial charge is 0.318 e. The number of rotatable bonds is 4. The third-order valence-electron chi connectivity index (χ3n) is 4.69. The molecule has 1 fully saturated rings. The number of piperidine rings is 1. The van der Waals surface area contributed by atoms with Crippen molar-refractivity contribution >= 4 is 6.03 Å². The molecule has 0 bridgehead atoms. The maximum atomic E-state index is 12.7. The van der Waals surface area contributed by atoms with Gasteiger partial charge in [-0.2, -0.15) is 5.26 Å². The van der Waals surface area contributed by atoms with Gasteiger partial charge in [-0.1, -0.05) is 12.1 Å². The second-order valence-corrected chi connectivity index (χ2v) is 6.73. The highest BCUT2D eigenvalue weighted by Crippen LogP contribution is 2.24. The van der Waals surface area contributed by atoms with Gasteiger partial charge in [-0.3, -0.25) is 0 Å². The molecule has 6 heteroatoms. The number of carbonyl (C=O) groups is 1. The molecule has 2 aromatic rings. The van der Waals surface area contributed by atoms with Crippen molar-refractivity contribution in [3.05, 3.63) is 53.6 Å². The van der Waals surface area contributed by atoms with E-state index >= 15 is 0 Å². The molecule has 25 heavy (non-hydrogen) atoms. The van der Waals surface area contributed by atoms with Crippen LogP contribution in [0.25, 0.3) is 0 Å². The van der Waals surface area contributed by atoms with Crippen molar-refractivity contribution in [3.8, 4) is 6.07 Å². The molecule has 1 aliphatic heterocycles. The average molecular weight is 337 g/mol. The van der Waals surface area contributed by atoms with Crippen LogP contribution in [0.3, 0.4) is 0 Å². The zero-order chi connectivity index (χ0) is 17.7. The van der Waals surface area contributed by atoms with E-state index in [-0.39, 0.29) is 6.03 Å². The van der Waals surface area contributed by atoms with Gasteiger partial charge in [-0.25, -0.2) is 9.78 Å². The summed E-state index contributed by atoms with van der Waals surface area (Å²) < 4.78 is 0. The van der Waals surface area contributed by atoms with Gasteiger partial charge in [0, 0.05) is 31.9 Å². The maximum absolute atomic E-state index is 12.7. The predicted octanol–water partition coefficient (Wildman–Crippen LogP) is 2.93. The number of amides is 2. The Labute approximate surface area is 147 Å². The van der Waals surface area contributed by atoms with E-state index in [0.717, 1.165) is 37.3 Å². The van der Waals surface area contributed by atoms with E-state index in [0.29, 0.717) is 12.0 Å². The van der Waals surface area contributed by atoms with Crippen molar-refractivity contribution in [2.45, 2.75) is 38.1 Å². The normalized spacial score (nSPS) is 16.7. The van der Waals surface area contributed by atoms with Crippen molar-refractivity contribution in [1.29, 1.82) is 5.26 Å². The summed E-state index contributed by atoms with van der Waals surface area (Å²) >= 11 is 0. The lowest BCUT2D eigenvalue weighted by atomic mass is 9.91. The van der Waals surface area contributed by atoms with Crippen molar-refractivity contribution < 1.29 is 4.79 Å². The molecule has 0 aliphatic carbocycles. The number of likely N-dealkylation sites (tertiary alicyclic amines) is 1. The van der Waals surface area contributed by atoms with E-state index in [1.54, 1.807) is 24.5 Å². The molecule has 2 N–H and O–H groups in total. The van der Waals surface area contributed by atoms with Gasteiger partial charge in [0.15, 0.2) is 0 Å². The number of urea groups is 1. The number of hydrogen-bond acceptors (Lipinski definition) is 3. The number of H-pyrrole nitrogens is 1. The molecule has 1 aromatic heterocycles. The van der Waals surface area contributed by atoms with Gasteiger partial charge >= 0.3 is 6.03 Å². The molecule has 0 spiro atoms. The zero-order valence-corrected chi connectivity index (χ0v) is 14.5. The van der Waals surface area contributed by atoms with Crippen molar-refractivity contribution in [3.63, 3.8) is 0 Å². The maximum Gasteiger partial charge on any atom is 0.318 e. The van der Waals surface area contributed by atoms with Crippen LogP contribution >= 0.6 is 0 Å². The Balaban J connectivity index is 1.80. The lowest BCUT2D eigenvalue weighted by Gasteiger charge is -2.34. The summed E-state index contributed by atoms with van der Waals surface area (Å²) in [6, 6.07) is 9.51. The largest absolute Gasteiger partial charge is 0.347 e. The number of carbonyl (C=O) groups excluding carboxylic acids is 1. The molecule has 130 valence electrons. The molecule has 1 aliphatic rings. The first-order chi connectivity index (χ1) is 12.1. The van der Waals surface area contributed by atoms with Crippen LogP contribution in [-0.4, -0.2) is 34.0 Å². The number of nitrogens with zero attached hydrogens (tertiary/aromatic N) is 3. The van der Waals surface area contributed by atoms with Crippen LogP contribution in [0, 0.1) is 11.3 Å². The Morgan fingerprint density at radius 1 is 1.32 bits per heavy atom. The van der Waals surface area contributed by atoms with Gasteiger partial charge in [-0.05, 0) is 43.9 Å². The third kappa shape index (κ3) is 4.00. The molecule has 6 nitrogen and oxygen atoms in total. The quantitative estimate of drug-likeness (QED) is 0.899. The van der Waals surface area contributed by atoms with Crippen LogP contribution in [0.4, 0.5) is 4.79 Å². The van der Waals surface area contributed by atoms with Crippen molar-refractivity contribution in [2.75, 3.05) is 13.1 Å². The molecule has 3 rings (SSSR count). The first-order valence-corrected chi connectivity index (χ1v) is 8.67. The van der Waals surface area contributed by atoms with Crippen molar-refractivity contribution in [1.82, 2.24) is 20.2 Å². The first kappa shape index (κ1) is 17.0. The van der Waals surface area contributed by atoms with E-state index in [1.807, 2.05) is 24.0 Å². The fourth-order valence-corrected chi connectivity index (χ4v) is 3.27. The number of nitriles is 1. The molecule has 2 amide bonds. The Morgan fingerprint density at radius 3 is 2.64 bits per heavy atom. The summed E-state index contributed by atoms with van der Waals surface area (Å²) in [4.78, 5) is 22.1. The number of benzene rings is 1. The second kappa shape index (κ2) is 7.39. The third-order valence-corrected chi connectivity index (χ3v) is 4.69. The molecule has 2 heterocycles. The van der Waals surface area contributed by atoms with Crippen LogP contribution in [0.15, 0.2) is 36.7 Å². The van der Waals surface area contributed by atoms with E-state index < -0.39 is 5.54 Å². The Morgan fingerprint density at radius 2 is 2.04 bits per heavy atom. The minimum Gasteiger partial charge on any atom is -0.347 e. The van der Waals surface area contributed by atoms with E-state index in [2.05, 4.69) is 21.4 Å². The van der Waals surface area contributed by atoms with Gasteiger partial charge in [0.25, 0.3) is 0 Å². The SMILES string of the molecule is CC(Cc1ccc(C#N)cc1)(NC(=O)N1CCCCC1)c1ncc[nH]1. The summed E-state index contributed by atoms with van der Waals surface area (Å²) in [5, 5.41) is 12.1. The molecule has 1 atom stereocenters. The minimum atomic E-state index is -0.647. The first-order valence-electron chi connectivity index (χ1n) is 8.67. The highest BCUT2D eigenvalue weighted by molar-refractivity contribution is 5.75. The number of aromatic amines is 1. The van der Waals surface area contributed by atoms with Crippen LogP contribution in [0.5, 0.6) is 0 Å².